The van der Waals surface area contributed by atoms with E-state index in [0.29, 0.717) is 24.4 Å². The average molecular weight is 435 g/mol. The van der Waals surface area contributed by atoms with Gasteiger partial charge in [-0.1, -0.05) is 42.0 Å². The average Bonchev–Trinajstić information content (AvgIpc) is 2.88. The predicted molar refractivity (Wildman–Crippen MR) is 118 cm³/mol. The largest absolute Gasteiger partial charge is 0.478 e. The summed E-state index contributed by atoms with van der Waals surface area (Å²) in [6, 6.07) is 15.3. The van der Waals surface area contributed by atoms with Gasteiger partial charge in [0.2, 0.25) is 10.0 Å². The lowest BCUT2D eigenvalue weighted by molar-refractivity contribution is -0.127. The molecule has 0 spiro atoms. The van der Waals surface area contributed by atoms with Gasteiger partial charge in [0, 0.05) is 31.0 Å². The molecule has 0 saturated carbocycles. The molecular formula is C21H26N2O4S2. The number of carbonyl (C=O) groups is 1. The Bertz CT molecular complexity index is 945. The van der Waals surface area contributed by atoms with E-state index in [2.05, 4.69) is 36.5 Å². The second kappa shape index (κ2) is 9.54. The maximum absolute atomic E-state index is 12.6. The highest BCUT2D eigenvalue weighted by atomic mass is 32.2. The summed E-state index contributed by atoms with van der Waals surface area (Å²) in [4.78, 5) is 12.6. The van der Waals surface area contributed by atoms with Crippen LogP contribution in [0.3, 0.4) is 0 Å². The van der Waals surface area contributed by atoms with Gasteiger partial charge in [-0.15, -0.1) is 0 Å². The molecule has 0 unspecified atom stereocenters. The number of aryl methyl sites for hydroxylation is 1. The van der Waals surface area contributed by atoms with Crippen molar-refractivity contribution >= 4 is 33.4 Å². The molecule has 1 aliphatic heterocycles. The van der Waals surface area contributed by atoms with Crippen molar-refractivity contribution in [2.45, 2.75) is 25.2 Å². The molecule has 1 heterocycles. The van der Waals surface area contributed by atoms with Crippen molar-refractivity contribution in [3.05, 3.63) is 59.7 Å². The number of nitrogens with zero attached hydrogens (tertiary/aromatic N) is 1. The number of rotatable bonds is 7. The van der Waals surface area contributed by atoms with Gasteiger partial charge in [-0.05, 0) is 24.6 Å². The number of hydrogen-bond acceptors (Lipinski definition) is 5. The Balaban J connectivity index is 1.52. The molecule has 0 radical (unpaired) electrons. The molecule has 0 saturated heterocycles. The molecule has 6 nitrogen and oxygen atoms in total. The van der Waals surface area contributed by atoms with Crippen LogP contribution in [0.2, 0.25) is 0 Å². The second-order valence-corrected chi connectivity index (χ2v) is 10.0. The quantitative estimate of drug-likeness (QED) is 0.678. The minimum Gasteiger partial charge on any atom is -0.478 e. The Kier molecular flexibility index (Phi) is 7.08. The maximum atomic E-state index is 12.6. The molecule has 1 amide bonds. The van der Waals surface area contributed by atoms with Crippen LogP contribution >= 0.6 is 11.8 Å². The van der Waals surface area contributed by atoms with Crippen molar-refractivity contribution in [2.75, 3.05) is 29.4 Å². The van der Waals surface area contributed by atoms with Crippen LogP contribution in [0.25, 0.3) is 0 Å². The van der Waals surface area contributed by atoms with Crippen molar-refractivity contribution < 1.29 is 17.9 Å². The molecule has 0 aromatic heterocycles. The van der Waals surface area contributed by atoms with E-state index in [-0.39, 0.29) is 12.5 Å². The normalized spacial score (nSPS) is 16.5. The Labute approximate surface area is 176 Å². The molecule has 0 aliphatic carbocycles. The lowest BCUT2D eigenvalue weighted by atomic mass is 10.2. The second-order valence-electron chi connectivity index (χ2n) is 7.03. The van der Waals surface area contributed by atoms with E-state index in [0.717, 1.165) is 17.8 Å². The first kappa shape index (κ1) is 21.5. The van der Waals surface area contributed by atoms with Gasteiger partial charge in [0.05, 0.1) is 11.9 Å². The summed E-state index contributed by atoms with van der Waals surface area (Å²) in [5, 5.41) is 2.91. The van der Waals surface area contributed by atoms with Gasteiger partial charge in [0.25, 0.3) is 5.91 Å². The third-order valence-electron chi connectivity index (χ3n) is 4.63. The van der Waals surface area contributed by atoms with E-state index in [9.17, 15) is 13.2 Å². The summed E-state index contributed by atoms with van der Waals surface area (Å²) in [5.74, 6) is 1.88. The van der Waals surface area contributed by atoms with Gasteiger partial charge in [0.1, 0.15) is 5.75 Å². The number of para-hydroxylation sites is 2. The van der Waals surface area contributed by atoms with Crippen molar-refractivity contribution in [2.24, 2.45) is 0 Å². The molecule has 156 valence electrons. The van der Waals surface area contributed by atoms with Crippen LogP contribution < -0.4 is 14.4 Å². The summed E-state index contributed by atoms with van der Waals surface area (Å²) in [5.41, 5.74) is 2.97. The first-order chi connectivity index (χ1) is 13.8. The van der Waals surface area contributed by atoms with Gasteiger partial charge in [0.15, 0.2) is 6.10 Å². The topological polar surface area (TPSA) is 75.7 Å². The standard InChI is InChI=1S/C21H26N2O4S2/c1-16-7-9-17(10-8-16)15-28-14-12-22-21(24)20-11-13-23(29(2,25)26)18-5-3-4-6-19(18)27-20/h3-10,20H,11-15H2,1-2H3,(H,22,24)/t20-/m1/s1. The van der Waals surface area contributed by atoms with Crippen LogP contribution in [0.4, 0.5) is 5.69 Å². The van der Waals surface area contributed by atoms with Gasteiger partial charge >= 0.3 is 0 Å². The summed E-state index contributed by atoms with van der Waals surface area (Å²) in [7, 11) is -3.45. The fourth-order valence-corrected chi connectivity index (χ4v) is 4.86. The van der Waals surface area contributed by atoms with E-state index in [4.69, 9.17) is 4.74 Å². The Morgan fingerprint density at radius 1 is 1.21 bits per heavy atom. The number of thioether (sulfide) groups is 1. The summed E-state index contributed by atoms with van der Waals surface area (Å²) >= 11 is 1.75. The van der Waals surface area contributed by atoms with Gasteiger partial charge in [-0.2, -0.15) is 11.8 Å². The number of ether oxygens (including phenoxy) is 1. The Hall–Kier alpha value is -2.19. The predicted octanol–water partition coefficient (Wildman–Crippen LogP) is 2.96. The van der Waals surface area contributed by atoms with E-state index in [1.54, 1.807) is 36.0 Å². The fraction of sp³-hybridized carbons (Fsp3) is 0.381. The number of benzene rings is 2. The zero-order valence-corrected chi connectivity index (χ0v) is 18.3. The van der Waals surface area contributed by atoms with Crippen LogP contribution in [0, 0.1) is 6.92 Å². The summed E-state index contributed by atoms with van der Waals surface area (Å²) in [6.07, 6.45) is 0.740. The molecule has 1 atom stereocenters. The number of fused-ring (bicyclic) bond motifs is 1. The molecule has 1 N–H and O–H groups in total. The molecular weight excluding hydrogens is 408 g/mol. The number of amides is 1. The van der Waals surface area contributed by atoms with Crippen molar-refractivity contribution in [3.63, 3.8) is 0 Å². The van der Waals surface area contributed by atoms with E-state index in [1.807, 2.05) is 0 Å². The Morgan fingerprint density at radius 2 is 1.93 bits per heavy atom. The van der Waals surface area contributed by atoms with Gasteiger partial charge in [-0.3, -0.25) is 9.10 Å². The van der Waals surface area contributed by atoms with Crippen LogP contribution in [-0.4, -0.2) is 45.5 Å². The van der Waals surface area contributed by atoms with E-state index in [1.165, 1.54) is 15.4 Å². The first-order valence-corrected chi connectivity index (χ1v) is 12.5. The number of anilines is 1. The minimum absolute atomic E-state index is 0.204. The lowest BCUT2D eigenvalue weighted by Gasteiger charge is -2.20. The number of nitrogens with one attached hydrogen (secondary N) is 1. The molecule has 0 fully saturated rings. The van der Waals surface area contributed by atoms with Crippen molar-refractivity contribution in [1.82, 2.24) is 5.32 Å². The molecule has 2 aromatic rings. The zero-order valence-electron chi connectivity index (χ0n) is 16.6. The molecule has 2 aromatic carbocycles. The monoisotopic (exact) mass is 434 g/mol. The third-order valence-corrected chi connectivity index (χ3v) is 6.84. The van der Waals surface area contributed by atoms with Gasteiger partial charge < -0.3 is 10.1 Å². The van der Waals surface area contributed by atoms with Crippen molar-refractivity contribution in [3.8, 4) is 5.75 Å². The smallest absolute Gasteiger partial charge is 0.261 e. The molecule has 1 aliphatic rings. The van der Waals surface area contributed by atoms with Crippen LogP contribution in [0.15, 0.2) is 48.5 Å². The van der Waals surface area contributed by atoms with Crippen molar-refractivity contribution in [1.29, 1.82) is 0 Å². The SMILES string of the molecule is Cc1ccc(CSCCNC(=O)[C@H]2CCN(S(C)(=O)=O)c3ccccc3O2)cc1. The molecule has 0 bridgehead atoms. The van der Waals surface area contributed by atoms with Gasteiger partial charge in [-0.25, -0.2) is 8.42 Å². The molecule has 8 heteroatoms. The number of sulfonamides is 1. The highest BCUT2D eigenvalue weighted by molar-refractivity contribution is 7.98. The van der Waals surface area contributed by atoms with E-state index < -0.39 is 16.1 Å². The van der Waals surface area contributed by atoms with Crippen LogP contribution in [0.1, 0.15) is 17.5 Å². The first-order valence-electron chi connectivity index (χ1n) is 9.49. The molecule has 3 rings (SSSR count). The number of carbonyl (C=O) groups excluding carboxylic acids is 1. The zero-order chi connectivity index (χ0) is 20.9. The van der Waals surface area contributed by atoms with Crippen LogP contribution in [-0.2, 0) is 20.6 Å². The summed E-state index contributed by atoms with van der Waals surface area (Å²) < 4.78 is 31.4. The van der Waals surface area contributed by atoms with E-state index >= 15 is 0 Å². The minimum atomic E-state index is -3.45. The number of hydrogen-bond donors (Lipinski definition) is 1. The highest BCUT2D eigenvalue weighted by Gasteiger charge is 2.30. The maximum Gasteiger partial charge on any atom is 0.261 e. The Morgan fingerprint density at radius 3 is 2.66 bits per heavy atom. The lowest BCUT2D eigenvalue weighted by Crippen LogP contribution is -2.40. The van der Waals surface area contributed by atoms with Crippen LogP contribution in [0.5, 0.6) is 5.75 Å². The third kappa shape index (κ3) is 5.90. The fourth-order valence-electron chi connectivity index (χ4n) is 3.09. The molecule has 29 heavy (non-hydrogen) atoms. The summed E-state index contributed by atoms with van der Waals surface area (Å²) in [6.45, 7) is 2.80. The highest BCUT2D eigenvalue weighted by Crippen LogP contribution is 2.33.